The van der Waals surface area contributed by atoms with Crippen LogP contribution in [-0.2, 0) is 16.5 Å². The summed E-state index contributed by atoms with van der Waals surface area (Å²) < 4.78 is 21.1. The summed E-state index contributed by atoms with van der Waals surface area (Å²) in [7, 11) is 1.86. The molecule has 9 heteroatoms. The van der Waals surface area contributed by atoms with E-state index >= 15 is 0 Å². The molecule has 0 amide bonds. The summed E-state index contributed by atoms with van der Waals surface area (Å²) in [4.78, 5) is 9.31. The molecule has 0 unspecified atom stereocenters. The number of nitrogens with one attached hydrogen (secondary N) is 1. The smallest absolute Gasteiger partial charge is 0.257 e. The maximum absolute atomic E-state index is 6.00. The van der Waals surface area contributed by atoms with Crippen LogP contribution in [-0.4, -0.2) is 56.3 Å². The molecule has 0 radical (unpaired) electrons. The predicted molar refractivity (Wildman–Crippen MR) is 108 cm³/mol. The first-order valence-electron chi connectivity index (χ1n) is 10.0. The average molecular weight is 398 g/mol. The zero-order valence-corrected chi connectivity index (χ0v) is 17.1. The highest BCUT2D eigenvalue weighted by Gasteiger charge is 2.32. The fourth-order valence-corrected chi connectivity index (χ4v) is 4.00. The molecule has 2 saturated heterocycles. The fraction of sp³-hybridized carbons (Fsp3) is 0.550. The second-order valence-electron chi connectivity index (χ2n) is 8.05. The van der Waals surface area contributed by atoms with Crippen molar-refractivity contribution in [3.8, 4) is 5.88 Å². The van der Waals surface area contributed by atoms with Gasteiger partial charge < -0.3 is 24.1 Å². The van der Waals surface area contributed by atoms with Crippen molar-refractivity contribution in [2.75, 3.05) is 25.1 Å². The Kier molecular flexibility index (Phi) is 4.44. The Balaban J connectivity index is 1.46. The molecule has 3 aromatic heterocycles. The Morgan fingerprint density at radius 3 is 2.79 bits per heavy atom. The van der Waals surface area contributed by atoms with Gasteiger partial charge in [0.25, 0.3) is 5.88 Å². The maximum Gasteiger partial charge on any atom is 0.257 e. The number of fused-ring (bicyclic) bond motifs is 1. The highest BCUT2D eigenvalue weighted by molar-refractivity contribution is 5.78. The zero-order chi connectivity index (χ0) is 20.1. The van der Waals surface area contributed by atoms with Gasteiger partial charge in [-0.25, -0.2) is 4.98 Å². The Labute approximate surface area is 169 Å². The van der Waals surface area contributed by atoms with Crippen LogP contribution in [0.25, 0.3) is 11.0 Å². The van der Waals surface area contributed by atoms with Gasteiger partial charge in [-0.15, -0.1) is 5.10 Å². The van der Waals surface area contributed by atoms with Crippen LogP contribution in [0.15, 0.2) is 18.5 Å². The first-order valence-corrected chi connectivity index (χ1v) is 10.0. The van der Waals surface area contributed by atoms with Crippen LogP contribution >= 0.6 is 0 Å². The zero-order valence-electron chi connectivity index (χ0n) is 17.1. The third-order valence-electron chi connectivity index (χ3n) is 5.78. The van der Waals surface area contributed by atoms with Crippen molar-refractivity contribution in [1.29, 1.82) is 0 Å². The summed E-state index contributed by atoms with van der Waals surface area (Å²) in [6, 6.07) is 2.41. The van der Waals surface area contributed by atoms with Crippen molar-refractivity contribution in [3.05, 3.63) is 24.2 Å². The summed E-state index contributed by atoms with van der Waals surface area (Å²) in [6.45, 7) is 8.38. The second kappa shape index (κ2) is 7.00. The molecule has 0 aliphatic carbocycles. The van der Waals surface area contributed by atoms with Crippen molar-refractivity contribution in [3.63, 3.8) is 0 Å². The second-order valence-corrected chi connectivity index (χ2v) is 8.05. The van der Waals surface area contributed by atoms with Crippen LogP contribution in [0.3, 0.4) is 0 Å². The van der Waals surface area contributed by atoms with E-state index in [0.717, 1.165) is 29.0 Å². The third-order valence-corrected chi connectivity index (χ3v) is 5.78. The van der Waals surface area contributed by atoms with Crippen molar-refractivity contribution >= 4 is 22.7 Å². The molecule has 9 nitrogen and oxygen atoms in total. The Bertz CT molecular complexity index is 1040. The van der Waals surface area contributed by atoms with Gasteiger partial charge in [-0.1, -0.05) is 6.92 Å². The first kappa shape index (κ1) is 18.4. The van der Waals surface area contributed by atoms with E-state index in [4.69, 9.17) is 19.2 Å². The van der Waals surface area contributed by atoms with Crippen LogP contribution in [0, 0.1) is 12.8 Å². The van der Waals surface area contributed by atoms with Gasteiger partial charge in [0, 0.05) is 30.2 Å². The van der Waals surface area contributed by atoms with E-state index in [0.29, 0.717) is 31.0 Å². The highest BCUT2D eigenvalue weighted by Crippen LogP contribution is 2.32. The topological polar surface area (TPSA) is 88.3 Å². The minimum Gasteiger partial charge on any atom is -0.467 e. The predicted octanol–water partition coefficient (Wildman–Crippen LogP) is 2.59. The van der Waals surface area contributed by atoms with Gasteiger partial charge in [0.05, 0.1) is 38.2 Å². The largest absolute Gasteiger partial charge is 0.467 e. The molecule has 5 rings (SSSR count). The van der Waals surface area contributed by atoms with E-state index in [1.165, 1.54) is 0 Å². The quantitative estimate of drug-likeness (QED) is 0.707. The average Bonchev–Trinajstić information content (AvgIpc) is 3.34. The summed E-state index contributed by atoms with van der Waals surface area (Å²) >= 11 is 0. The lowest BCUT2D eigenvalue weighted by molar-refractivity contribution is -0.140. The van der Waals surface area contributed by atoms with E-state index in [1.807, 2.05) is 26.4 Å². The standard InChI is InChI=1S/C20H26N6O3/c1-11-8-27-9-16(11)26-12(2)5-14-6-21-20(23-18(14)26)22-15-7-25(4)24-19(15)29-17-10-28-13(17)3/h5-7,11,13,16-17H,8-10H2,1-4H3,(H,21,22,23)/t11-,13+,16-,17-/m0/s1. The molecule has 1 N–H and O–H groups in total. The molecule has 0 aromatic carbocycles. The molecule has 2 aliphatic heterocycles. The fourth-order valence-electron chi connectivity index (χ4n) is 4.00. The molecule has 2 aliphatic rings. The number of rotatable bonds is 5. The van der Waals surface area contributed by atoms with Crippen LogP contribution in [0.2, 0.25) is 0 Å². The van der Waals surface area contributed by atoms with E-state index in [-0.39, 0.29) is 18.2 Å². The number of hydrogen-bond acceptors (Lipinski definition) is 7. The maximum atomic E-state index is 6.00. The third kappa shape index (κ3) is 3.24. The summed E-state index contributed by atoms with van der Waals surface area (Å²) in [5, 5.41) is 8.72. The van der Waals surface area contributed by atoms with Crippen molar-refractivity contribution in [1.82, 2.24) is 24.3 Å². The molecular weight excluding hydrogens is 372 g/mol. The molecule has 0 spiro atoms. The molecule has 4 atom stereocenters. The van der Waals surface area contributed by atoms with Gasteiger partial charge >= 0.3 is 0 Å². The minimum atomic E-state index is 0.0117. The molecule has 2 fully saturated rings. The summed E-state index contributed by atoms with van der Waals surface area (Å²) in [5.74, 6) is 1.49. The van der Waals surface area contributed by atoms with Crippen LogP contribution in [0.4, 0.5) is 11.6 Å². The number of anilines is 2. The van der Waals surface area contributed by atoms with Gasteiger partial charge in [-0.05, 0) is 19.9 Å². The Morgan fingerprint density at radius 2 is 2.10 bits per heavy atom. The van der Waals surface area contributed by atoms with Crippen molar-refractivity contribution in [2.45, 2.75) is 39.0 Å². The van der Waals surface area contributed by atoms with Gasteiger partial charge in [0.2, 0.25) is 5.95 Å². The SMILES string of the molecule is Cc1cc2cnc(Nc3cn(C)nc3O[C@H]3CO[C@@H]3C)nc2n1[C@H]1COC[C@@H]1C. The summed E-state index contributed by atoms with van der Waals surface area (Å²) in [6.07, 6.45) is 3.80. The molecule has 0 bridgehead atoms. The number of aromatic nitrogens is 5. The van der Waals surface area contributed by atoms with E-state index in [9.17, 15) is 0 Å². The van der Waals surface area contributed by atoms with Crippen LogP contribution in [0.5, 0.6) is 5.88 Å². The lowest BCUT2D eigenvalue weighted by Gasteiger charge is -2.33. The molecule has 154 valence electrons. The minimum absolute atomic E-state index is 0.0117. The van der Waals surface area contributed by atoms with E-state index in [1.54, 1.807) is 4.68 Å². The van der Waals surface area contributed by atoms with E-state index in [2.05, 4.69) is 39.9 Å². The number of hydrogen-bond donors (Lipinski definition) is 1. The highest BCUT2D eigenvalue weighted by atomic mass is 16.6. The lowest BCUT2D eigenvalue weighted by Crippen LogP contribution is -2.46. The Hall–Kier alpha value is -2.65. The molecule has 0 saturated carbocycles. The number of aryl methyl sites for hydroxylation is 2. The van der Waals surface area contributed by atoms with Gasteiger partial charge in [0.1, 0.15) is 17.4 Å². The summed E-state index contributed by atoms with van der Waals surface area (Å²) in [5.41, 5.74) is 2.81. The molecule has 3 aromatic rings. The first-order chi connectivity index (χ1) is 14.0. The number of ether oxygens (including phenoxy) is 3. The molecular formula is C20H26N6O3. The monoisotopic (exact) mass is 398 g/mol. The van der Waals surface area contributed by atoms with Crippen LogP contribution < -0.4 is 10.1 Å². The van der Waals surface area contributed by atoms with Crippen molar-refractivity contribution < 1.29 is 14.2 Å². The van der Waals surface area contributed by atoms with Crippen LogP contribution in [0.1, 0.15) is 25.6 Å². The Morgan fingerprint density at radius 1 is 1.24 bits per heavy atom. The van der Waals surface area contributed by atoms with Crippen molar-refractivity contribution in [2.24, 2.45) is 13.0 Å². The normalized spacial score (nSPS) is 26.6. The molecule has 29 heavy (non-hydrogen) atoms. The molecule has 5 heterocycles. The van der Waals surface area contributed by atoms with Gasteiger partial charge in [-0.2, -0.15) is 4.98 Å². The number of nitrogens with zero attached hydrogens (tertiary/aromatic N) is 5. The van der Waals surface area contributed by atoms with E-state index < -0.39 is 0 Å². The lowest BCUT2D eigenvalue weighted by atomic mass is 10.1. The van der Waals surface area contributed by atoms with Gasteiger partial charge in [0.15, 0.2) is 0 Å². The van der Waals surface area contributed by atoms with Gasteiger partial charge in [-0.3, -0.25) is 4.68 Å².